The smallest absolute Gasteiger partial charge is 0.213 e. The lowest BCUT2D eigenvalue weighted by Crippen LogP contribution is -2.09. The van der Waals surface area contributed by atoms with Crippen molar-refractivity contribution in [1.29, 1.82) is 0 Å². The molecule has 0 unspecified atom stereocenters. The van der Waals surface area contributed by atoms with Gasteiger partial charge in [0.25, 0.3) is 0 Å². The third-order valence-electron chi connectivity index (χ3n) is 3.00. The number of benzene rings is 1. The highest BCUT2D eigenvalue weighted by molar-refractivity contribution is 5.38. The standard InChI is InChI=1S/C15H15NO2/c1-2-8-16-15(5-1)18-11-12-6-7-14-13(10-12)4-3-9-17-14/h1-2,5-8,10H,3-4,9,11H2. The fourth-order valence-corrected chi connectivity index (χ4v) is 2.09. The van der Waals surface area contributed by atoms with Crippen molar-refractivity contribution in [3.63, 3.8) is 0 Å². The van der Waals surface area contributed by atoms with Gasteiger partial charge >= 0.3 is 0 Å². The average Bonchev–Trinajstić information content (AvgIpc) is 2.46. The van der Waals surface area contributed by atoms with E-state index in [1.165, 1.54) is 5.56 Å². The number of hydrogen-bond acceptors (Lipinski definition) is 3. The van der Waals surface area contributed by atoms with Crippen molar-refractivity contribution in [2.45, 2.75) is 19.4 Å². The molecule has 0 amide bonds. The van der Waals surface area contributed by atoms with Crippen LogP contribution in [0.5, 0.6) is 11.6 Å². The third-order valence-corrected chi connectivity index (χ3v) is 3.00. The van der Waals surface area contributed by atoms with Crippen LogP contribution in [-0.4, -0.2) is 11.6 Å². The van der Waals surface area contributed by atoms with Crippen molar-refractivity contribution in [2.24, 2.45) is 0 Å². The number of pyridine rings is 1. The molecule has 2 aromatic rings. The van der Waals surface area contributed by atoms with Gasteiger partial charge in [0.2, 0.25) is 5.88 Å². The quantitative estimate of drug-likeness (QED) is 0.827. The molecule has 1 aromatic carbocycles. The lowest BCUT2D eigenvalue weighted by molar-refractivity contribution is 0.283. The average molecular weight is 241 g/mol. The first-order valence-electron chi connectivity index (χ1n) is 6.20. The van der Waals surface area contributed by atoms with Crippen molar-refractivity contribution in [1.82, 2.24) is 4.98 Å². The number of nitrogens with zero attached hydrogens (tertiary/aromatic N) is 1. The van der Waals surface area contributed by atoms with Crippen LogP contribution in [-0.2, 0) is 13.0 Å². The first kappa shape index (κ1) is 11.1. The normalized spacial score (nSPS) is 13.6. The molecule has 92 valence electrons. The zero-order valence-corrected chi connectivity index (χ0v) is 10.1. The predicted octanol–water partition coefficient (Wildman–Crippen LogP) is 2.99. The highest BCUT2D eigenvalue weighted by Crippen LogP contribution is 2.25. The highest BCUT2D eigenvalue weighted by atomic mass is 16.5. The van der Waals surface area contributed by atoms with Gasteiger partial charge in [-0.2, -0.15) is 0 Å². The summed E-state index contributed by atoms with van der Waals surface area (Å²) in [4.78, 5) is 4.13. The summed E-state index contributed by atoms with van der Waals surface area (Å²) in [5.41, 5.74) is 2.44. The van der Waals surface area contributed by atoms with Crippen LogP contribution >= 0.6 is 0 Å². The van der Waals surface area contributed by atoms with Gasteiger partial charge in [-0.05, 0) is 42.2 Å². The van der Waals surface area contributed by atoms with Gasteiger partial charge in [-0.25, -0.2) is 4.98 Å². The molecule has 0 bridgehead atoms. The van der Waals surface area contributed by atoms with Crippen LogP contribution in [0.3, 0.4) is 0 Å². The molecule has 1 aliphatic heterocycles. The monoisotopic (exact) mass is 241 g/mol. The zero-order chi connectivity index (χ0) is 12.2. The highest BCUT2D eigenvalue weighted by Gasteiger charge is 2.10. The summed E-state index contributed by atoms with van der Waals surface area (Å²) < 4.78 is 11.2. The fraction of sp³-hybridized carbons (Fsp3) is 0.267. The predicted molar refractivity (Wildman–Crippen MR) is 68.8 cm³/mol. The SMILES string of the molecule is c1ccc(OCc2ccc3c(c2)CCCO3)nc1. The Hall–Kier alpha value is -2.03. The van der Waals surface area contributed by atoms with Crippen molar-refractivity contribution >= 4 is 0 Å². The Bertz CT molecular complexity index is 525. The van der Waals surface area contributed by atoms with Crippen LogP contribution in [0, 0.1) is 0 Å². The minimum absolute atomic E-state index is 0.546. The summed E-state index contributed by atoms with van der Waals surface area (Å²) in [5.74, 6) is 1.68. The molecule has 0 radical (unpaired) electrons. The Morgan fingerprint density at radius 1 is 1.22 bits per heavy atom. The number of aromatic nitrogens is 1. The second kappa shape index (κ2) is 5.08. The van der Waals surface area contributed by atoms with Crippen molar-refractivity contribution in [2.75, 3.05) is 6.61 Å². The number of fused-ring (bicyclic) bond motifs is 1. The number of aryl methyl sites for hydroxylation is 1. The van der Waals surface area contributed by atoms with E-state index in [2.05, 4.69) is 11.1 Å². The van der Waals surface area contributed by atoms with Crippen molar-refractivity contribution < 1.29 is 9.47 Å². The van der Waals surface area contributed by atoms with Crippen LogP contribution in [0.15, 0.2) is 42.6 Å². The molecule has 18 heavy (non-hydrogen) atoms. The Morgan fingerprint density at radius 2 is 2.22 bits per heavy atom. The molecule has 0 saturated carbocycles. The molecule has 3 heteroatoms. The number of ether oxygens (including phenoxy) is 2. The molecule has 2 heterocycles. The Kier molecular flexibility index (Phi) is 3.13. The van der Waals surface area contributed by atoms with Crippen LogP contribution in [0.2, 0.25) is 0 Å². The second-order valence-electron chi connectivity index (χ2n) is 4.35. The molecule has 0 N–H and O–H groups in total. The van der Waals surface area contributed by atoms with E-state index in [4.69, 9.17) is 9.47 Å². The van der Waals surface area contributed by atoms with Gasteiger partial charge in [0, 0.05) is 12.3 Å². The van der Waals surface area contributed by atoms with Gasteiger partial charge in [0.15, 0.2) is 0 Å². The number of rotatable bonds is 3. The van der Waals surface area contributed by atoms with E-state index in [0.717, 1.165) is 30.8 Å². The maximum Gasteiger partial charge on any atom is 0.213 e. The molecule has 0 fully saturated rings. The summed E-state index contributed by atoms with van der Waals surface area (Å²) >= 11 is 0. The number of hydrogen-bond donors (Lipinski definition) is 0. The largest absolute Gasteiger partial charge is 0.493 e. The lowest BCUT2D eigenvalue weighted by Gasteiger charge is -2.17. The molecule has 0 saturated heterocycles. The molecule has 0 aliphatic carbocycles. The first-order chi connectivity index (χ1) is 8.92. The van der Waals surface area contributed by atoms with E-state index in [9.17, 15) is 0 Å². The van der Waals surface area contributed by atoms with E-state index < -0.39 is 0 Å². The molecule has 3 nitrogen and oxygen atoms in total. The molecular weight excluding hydrogens is 226 g/mol. The van der Waals surface area contributed by atoms with Crippen LogP contribution < -0.4 is 9.47 Å². The summed E-state index contributed by atoms with van der Waals surface area (Å²) in [7, 11) is 0. The van der Waals surface area contributed by atoms with Gasteiger partial charge in [-0.1, -0.05) is 12.1 Å². The maximum absolute atomic E-state index is 5.63. The van der Waals surface area contributed by atoms with E-state index in [1.54, 1.807) is 6.20 Å². The summed E-state index contributed by atoms with van der Waals surface area (Å²) in [6.07, 6.45) is 3.92. The molecule has 1 aliphatic rings. The van der Waals surface area contributed by atoms with Gasteiger partial charge in [0.1, 0.15) is 12.4 Å². The van der Waals surface area contributed by atoms with Crippen LogP contribution in [0.4, 0.5) is 0 Å². The van der Waals surface area contributed by atoms with Crippen LogP contribution in [0.1, 0.15) is 17.5 Å². The lowest BCUT2D eigenvalue weighted by atomic mass is 10.0. The zero-order valence-electron chi connectivity index (χ0n) is 10.1. The van der Waals surface area contributed by atoms with Crippen molar-refractivity contribution in [3.8, 4) is 11.6 Å². The topological polar surface area (TPSA) is 31.4 Å². The molecule has 0 atom stereocenters. The summed E-state index contributed by atoms with van der Waals surface area (Å²) in [6.45, 7) is 1.38. The fourth-order valence-electron chi connectivity index (χ4n) is 2.09. The minimum Gasteiger partial charge on any atom is -0.493 e. The Morgan fingerprint density at radius 3 is 3.11 bits per heavy atom. The summed E-state index contributed by atoms with van der Waals surface area (Å²) in [6, 6.07) is 11.9. The van der Waals surface area contributed by atoms with Crippen molar-refractivity contribution in [3.05, 3.63) is 53.7 Å². The van der Waals surface area contributed by atoms with Gasteiger partial charge in [0.05, 0.1) is 6.61 Å². The van der Waals surface area contributed by atoms with E-state index >= 15 is 0 Å². The van der Waals surface area contributed by atoms with Crippen LogP contribution in [0.25, 0.3) is 0 Å². The Labute approximate surface area is 106 Å². The Balaban J connectivity index is 1.70. The second-order valence-corrected chi connectivity index (χ2v) is 4.35. The maximum atomic E-state index is 5.63. The molecule has 3 rings (SSSR count). The van der Waals surface area contributed by atoms with Gasteiger partial charge < -0.3 is 9.47 Å². The van der Waals surface area contributed by atoms with Gasteiger partial charge in [-0.15, -0.1) is 0 Å². The first-order valence-corrected chi connectivity index (χ1v) is 6.20. The summed E-state index contributed by atoms with van der Waals surface area (Å²) in [5, 5.41) is 0. The molecule has 0 spiro atoms. The van der Waals surface area contributed by atoms with E-state index in [0.29, 0.717) is 12.5 Å². The molecule has 1 aromatic heterocycles. The van der Waals surface area contributed by atoms with Gasteiger partial charge in [-0.3, -0.25) is 0 Å². The van der Waals surface area contributed by atoms with E-state index in [1.807, 2.05) is 30.3 Å². The van der Waals surface area contributed by atoms with E-state index in [-0.39, 0.29) is 0 Å². The third kappa shape index (κ3) is 2.45. The minimum atomic E-state index is 0.546. The molecular formula is C15H15NO2.